The van der Waals surface area contributed by atoms with Gasteiger partial charge in [0.1, 0.15) is 0 Å². The summed E-state index contributed by atoms with van der Waals surface area (Å²) in [6.07, 6.45) is 4.00. The van der Waals surface area contributed by atoms with Crippen molar-refractivity contribution in [2.45, 2.75) is 65.0 Å². The van der Waals surface area contributed by atoms with Gasteiger partial charge in [0, 0.05) is 25.4 Å². The Morgan fingerprint density at radius 3 is 2.12 bits per heavy atom. The highest BCUT2D eigenvalue weighted by Gasteiger charge is 2.29. The van der Waals surface area contributed by atoms with Crippen molar-refractivity contribution >= 4 is 11.9 Å². The van der Waals surface area contributed by atoms with Gasteiger partial charge in [-0.15, -0.1) is 0 Å². The standard InChI is InChI=1S/C13H23NO3/c1-9(2)14(10(3)15)12-6-4-11(5-7-12)8-13(16)17/h9,11-12H,4-8H2,1-3H3,(H,16,17). The zero-order valence-corrected chi connectivity index (χ0v) is 11.0. The summed E-state index contributed by atoms with van der Waals surface area (Å²) in [5, 5.41) is 8.75. The maximum absolute atomic E-state index is 11.6. The summed E-state index contributed by atoms with van der Waals surface area (Å²) in [6.45, 7) is 5.68. The van der Waals surface area contributed by atoms with Gasteiger partial charge in [0.15, 0.2) is 0 Å². The van der Waals surface area contributed by atoms with Gasteiger partial charge in [0.05, 0.1) is 0 Å². The fourth-order valence-electron chi connectivity index (χ4n) is 2.92. The van der Waals surface area contributed by atoms with E-state index in [4.69, 9.17) is 5.11 Å². The van der Waals surface area contributed by atoms with Crippen LogP contribution in [0.25, 0.3) is 0 Å². The van der Waals surface area contributed by atoms with Crippen LogP contribution in [-0.4, -0.2) is 34.0 Å². The highest BCUT2D eigenvalue weighted by Crippen LogP contribution is 2.30. The number of carbonyl (C=O) groups is 2. The number of nitrogens with zero attached hydrogens (tertiary/aromatic N) is 1. The van der Waals surface area contributed by atoms with Crippen molar-refractivity contribution in [3.05, 3.63) is 0 Å². The van der Waals surface area contributed by atoms with Crippen molar-refractivity contribution in [2.75, 3.05) is 0 Å². The lowest BCUT2D eigenvalue weighted by atomic mass is 9.83. The first kappa shape index (κ1) is 14.0. The van der Waals surface area contributed by atoms with Gasteiger partial charge < -0.3 is 10.0 Å². The topological polar surface area (TPSA) is 57.6 Å². The van der Waals surface area contributed by atoms with Gasteiger partial charge in [0.25, 0.3) is 0 Å². The highest BCUT2D eigenvalue weighted by atomic mass is 16.4. The van der Waals surface area contributed by atoms with E-state index in [1.165, 1.54) is 0 Å². The molecule has 0 bridgehead atoms. The summed E-state index contributed by atoms with van der Waals surface area (Å²) >= 11 is 0. The molecule has 1 N–H and O–H groups in total. The van der Waals surface area contributed by atoms with Crippen LogP contribution in [-0.2, 0) is 9.59 Å². The molecule has 17 heavy (non-hydrogen) atoms. The van der Waals surface area contributed by atoms with E-state index in [1.54, 1.807) is 6.92 Å². The van der Waals surface area contributed by atoms with Gasteiger partial charge in [0.2, 0.25) is 5.91 Å². The number of amides is 1. The van der Waals surface area contributed by atoms with E-state index in [1.807, 2.05) is 18.7 Å². The molecule has 0 aromatic rings. The van der Waals surface area contributed by atoms with Crippen LogP contribution in [0, 0.1) is 5.92 Å². The Hall–Kier alpha value is -1.06. The summed E-state index contributed by atoms with van der Waals surface area (Å²) in [5.41, 5.74) is 0. The van der Waals surface area contributed by atoms with Crippen LogP contribution in [0.1, 0.15) is 52.9 Å². The van der Waals surface area contributed by atoms with Crippen molar-refractivity contribution in [3.63, 3.8) is 0 Å². The number of aliphatic carboxylic acids is 1. The zero-order chi connectivity index (χ0) is 13.0. The molecule has 1 amide bonds. The largest absolute Gasteiger partial charge is 0.481 e. The molecule has 1 rings (SSSR count). The second-order valence-corrected chi connectivity index (χ2v) is 5.29. The number of hydrogen-bond acceptors (Lipinski definition) is 2. The molecule has 0 atom stereocenters. The molecule has 0 aromatic heterocycles. The Labute approximate surface area is 103 Å². The molecule has 0 aromatic carbocycles. The van der Waals surface area contributed by atoms with E-state index in [0.29, 0.717) is 12.0 Å². The van der Waals surface area contributed by atoms with E-state index < -0.39 is 5.97 Å². The lowest BCUT2D eigenvalue weighted by Gasteiger charge is -2.38. The molecule has 4 nitrogen and oxygen atoms in total. The van der Waals surface area contributed by atoms with E-state index in [-0.39, 0.29) is 18.4 Å². The minimum absolute atomic E-state index is 0.127. The first-order valence-corrected chi connectivity index (χ1v) is 6.42. The SMILES string of the molecule is CC(=O)N(C(C)C)C1CCC(CC(=O)O)CC1. The average Bonchev–Trinajstić information content (AvgIpc) is 2.18. The summed E-state index contributed by atoms with van der Waals surface area (Å²) in [6, 6.07) is 0.533. The molecule has 1 saturated carbocycles. The van der Waals surface area contributed by atoms with Crippen LogP contribution >= 0.6 is 0 Å². The second-order valence-electron chi connectivity index (χ2n) is 5.29. The molecule has 0 radical (unpaired) electrons. The number of carboxylic acids is 1. The molecule has 4 heteroatoms. The first-order valence-electron chi connectivity index (χ1n) is 6.42. The van der Waals surface area contributed by atoms with Gasteiger partial charge in [-0.25, -0.2) is 0 Å². The predicted octanol–water partition coefficient (Wildman–Crippen LogP) is 2.28. The molecule has 0 saturated heterocycles. The van der Waals surface area contributed by atoms with Gasteiger partial charge in [-0.1, -0.05) is 0 Å². The van der Waals surface area contributed by atoms with E-state index >= 15 is 0 Å². The van der Waals surface area contributed by atoms with E-state index in [9.17, 15) is 9.59 Å². The minimum Gasteiger partial charge on any atom is -0.481 e. The number of hydrogen-bond donors (Lipinski definition) is 1. The monoisotopic (exact) mass is 241 g/mol. The van der Waals surface area contributed by atoms with Gasteiger partial charge in [-0.05, 0) is 45.4 Å². The maximum Gasteiger partial charge on any atom is 0.303 e. The number of carboxylic acid groups (broad SMARTS) is 1. The maximum atomic E-state index is 11.6. The van der Waals surface area contributed by atoms with Crippen molar-refractivity contribution in [3.8, 4) is 0 Å². The molecular weight excluding hydrogens is 218 g/mol. The van der Waals surface area contributed by atoms with Gasteiger partial charge in [-0.2, -0.15) is 0 Å². The molecule has 0 aliphatic heterocycles. The smallest absolute Gasteiger partial charge is 0.303 e. The Bertz CT molecular complexity index is 280. The van der Waals surface area contributed by atoms with E-state index in [2.05, 4.69) is 0 Å². The average molecular weight is 241 g/mol. The van der Waals surface area contributed by atoms with Crippen LogP contribution in [0.5, 0.6) is 0 Å². The van der Waals surface area contributed by atoms with E-state index in [0.717, 1.165) is 25.7 Å². The second kappa shape index (κ2) is 6.03. The lowest BCUT2D eigenvalue weighted by molar-refractivity contribution is -0.139. The predicted molar refractivity (Wildman–Crippen MR) is 65.7 cm³/mol. The van der Waals surface area contributed by atoms with Gasteiger partial charge >= 0.3 is 5.97 Å². The van der Waals surface area contributed by atoms with Gasteiger partial charge in [-0.3, -0.25) is 9.59 Å². The summed E-state index contributed by atoms with van der Waals surface area (Å²) in [4.78, 5) is 24.2. The van der Waals surface area contributed by atoms with Crippen LogP contribution in [0.15, 0.2) is 0 Å². The van der Waals surface area contributed by atoms with Crippen LogP contribution < -0.4 is 0 Å². The van der Waals surface area contributed by atoms with Crippen LogP contribution in [0.2, 0.25) is 0 Å². The third-order valence-electron chi connectivity index (χ3n) is 3.59. The summed E-state index contributed by atoms with van der Waals surface area (Å²) < 4.78 is 0. The minimum atomic E-state index is -0.708. The molecule has 1 aliphatic rings. The molecule has 1 fully saturated rings. The molecular formula is C13H23NO3. The van der Waals surface area contributed by atoms with Crippen molar-refractivity contribution in [2.24, 2.45) is 5.92 Å². The number of rotatable bonds is 4. The first-order chi connectivity index (χ1) is 7.91. The van der Waals surface area contributed by atoms with Crippen LogP contribution in [0.3, 0.4) is 0 Å². The molecule has 0 heterocycles. The lowest BCUT2D eigenvalue weighted by Crippen LogP contribution is -2.45. The zero-order valence-electron chi connectivity index (χ0n) is 11.0. The Morgan fingerprint density at radius 2 is 1.76 bits per heavy atom. The normalized spacial score (nSPS) is 24.7. The third-order valence-corrected chi connectivity index (χ3v) is 3.59. The fraction of sp³-hybridized carbons (Fsp3) is 0.846. The molecule has 0 spiro atoms. The molecule has 0 unspecified atom stereocenters. The van der Waals surface area contributed by atoms with Crippen molar-refractivity contribution < 1.29 is 14.7 Å². The van der Waals surface area contributed by atoms with Crippen LogP contribution in [0.4, 0.5) is 0 Å². The fourth-order valence-corrected chi connectivity index (χ4v) is 2.92. The molecule has 98 valence electrons. The highest BCUT2D eigenvalue weighted by molar-refractivity contribution is 5.74. The Morgan fingerprint density at radius 1 is 1.24 bits per heavy atom. The summed E-state index contributed by atoms with van der Waals surface area (Å²) in [7, 11) is 0. The molecule has 1 aliphatic carbocycles. The quantitative estimate of drug-likeness (QED) is 0.821. The number of carbonyl (C=O) groups excluding carboxylic acids is 1. The van der Waals surface area contributed by atoms with Crippen molar-refractivity contribution in [1.82, 2.24) is 4.90 Å². The summed E-state index contributed by atoms with van der Waals surface area (Å²) in [5.74, 6) is -0.285. The Balaban J connectivity index is 2.50. The van der Waals surface area contributed by atoms with Crippen molar-refractivity contribution in [1.29, 1.82) is 0 Å². The Kier molecular flexibility index (Phi) is 4.97. The third kappa shape index (κ3) is 4.02.